The van der Waals surface area contributed by atoms with E-state index in [4.69, 9.17) is 4.74 Å². The predicted octanol–water partition coefficient (Wildman–Crippen LogP) is 3.46. The highest BCUT2D eigenvalue weighted by Crippen LogP contribution is 2.28. The van der Waals surface area contributed by atoms with Crippen LogP contribution in [0, 0.1) is 0 Å². The van der Waals surface area contributed by atoms with Gasteiger partial charge in [-0.1, -0.05) is 42.5 Å². The molecule has 3 aromatic rings. The summed E-state index contributed by atoms with van der Waals surface area (Å²) < 4.78 is 5.15. The predicted molar refractivity (Wildman–Crippen MR) is 83.0 cm³/mol. The van der Waals surface area contributed by atoms with Crippen molar-refractivity contribution in [3.63, 3.8) is 0 Å². The number of hydrogen-bond donors (Lipinski definition) is 1. The number of aliphatic hydroxyl groups is 1. The Morgan fingerprint density at radius 1 is 1.14 bits per heavy atom. The smallest absolute Gasteiger partial charge is 0.105 e. The highest BCUT2D eigenvalue weighted by atomic mass is 16.5. The lowest BCUT2D eigenvalue weighted by molar-refractivity contribution is 0.184. The molecule has 0 aliphatic rings. The van der Waals surface area contributed by atoms with Crippen molar-refractivity contribution in [3.8, 4) is 0 Å². The molecule has 0 aliphatic heterocycles. The van der Waals surface area contributed by atoms with E-state index in [0.29, 0.717) is 6.61 Å². The van der Waals surface area contributed by atoms with Crippen LogP contribution < -0.4 is 0 Å². The molecule has 1 aromatic heterocycles. The van der Waals surface area contributed by atoms with Crippen molar-refractivity contribution >= 4 is 10.8 Å². The second kappa shape index (κ2) is 6.04. The Bertz CT molecular complexity index is 750. The van der Waals surface area contributed by atoms with Crippen LogP contribution in [0.4, 0.5) is 0 Å². The van der Waals surface area contributed by atoms with Crippen molar-refractivity contribution in [3.05, 3.63) is 77.6 Å². The monoisotopic (exact) mass is 279 g/mol. The minimum Gasteiger partial charge on any atom is -0.384 e. The Hall–Kier alpha value is -2.23. The third kappa shape index (κ3) is 2.79. The number of hydrogen-bond acceptors (Lipinski definition) is 3. The first kappa shape index (κ1) is 13.7. The number of ether oxygens (including phenoxy) is 1. The number of rotatable bonds is 4. The Morgan fingerprint density at radius 2 is 2.00 bits per heavy atom. The summed E-state index contributed by atoms with van der Waals surface area (Å²) in [6, 6.07) is 15.7. The fraction of sp³-hybridized carbons (Fsp3) is 0.167. The van der Waals surface area contributed by atoms with Crippen LogP contribution in [0.2, 0.25) is 0 Å². The van der Waals surface area contributed by atoms with E-state index >= 15 is 0 Å². The fourth-order valence-corrected chi connectivity index (χ4v) is 2.59. The summed E-state index contributed by atoms with van der Waals surface area (Å²) in [5.41, 5.74) is 2.81. The minimum absolute atomic E-state index is 0.542. The number of aliphatic hydroxyl groups excluding tert-OH is 1. The Labute approximate surface area is 123 Å². The first-order valence-corrected chi connectivity index (χ1v) is 6.88. The number of benzene rings is 2. The van der Waals surface area contributed by atoms with Gasteiger partial charge in [-0.3, -0.25) is 4.98 Å². The summed E-state index contributed by atoms with van der Waals surface area (Å²) in [4.78, 5) is 4.13. The molecule has 2 aromatic carbocycles. The molecular weight excluding hydrogens is 262 g/mol. The summed E-state index contributed by atoms with van der Waals surface area (Å²) in [7, 11) is 1.67. The van der Waals surface area contributed by atoms with Crippen LogP contribution in [0.15, 0.2) is 60.9 Å². The molecule has 1 N–H and O–H groups in total. The first-order valence-electron chi connectivity index (χ1n) is 6.88. The van der Waals surface area contributed by atoms with E-state index in [9.17, 15) is 5.11 Å². The van der Waals surface area contributed by atoms with Crippen molar-refractivity contribution in [2.24, 2.45) is 0 Å². The molecule has 0 radical (unpaired) electrons. The molecule has 0 saturated heterocycles. The third-order valence-electron chi connectivity index (χ3n) is 3.59. The van der Waals surface area contributed by atoms with Gasteiger partial charge >= 0.3 is 0 Å². The van der Waals surface area contributed by atoms with Crippen LogP contribution >= 0.6 is 0 Å². The molecule has 21 heavy (non-hydrogen) atoms. The summed E-state index contributed by atoms with van der Waals surface area (Å²) in [6.45, 7) is 0.542. The highest BCUT2D eigenvalue weighted by molar-refractivity contribution is 5.85. The maximum atomic E-state index is 10.7. The van der Waals surface area contributed by atoms with Gasteiger partial charge in [-0.2, -0.15) is 0 Å². The zero-order chi connectivity index (χ0) is 14.7. The quantitative estimate of drug-likeness (QED) is 0.795. The van der Waals surface area contributed by atoms with Gasteiger partial charge in [0.2, 0.25) is 0 Å². The number of nitrogens with zero attached hydrogens (tertiary/aromatic N) is 1. The molecule has 1 unspecified atom stereocenters. The van der Waals surface area contributed by atoms with Crippen LogP contribution in [-0.4, -0.2) is 17.2 Å². The topological polar surface area (TPSA) is 42.4 Å². The maximum absolute atomic E-state index is 10.7. The normalized spacial score (nSPS) is 12.5. The van der Waals surface area contributed by atoms with Crippen molar-refractivity contribution < 1.29 is 9.84 Å². The number of methoxy groups -OCH3 is 1. The summed E-state index contributed by atoms with van der Waals surface area (Å²) >= 11 is 0. The molecule has 1 heterocycles. The summed E-state index contributed by atoms with van der Waals surface area (Å²) in [6.07, 6.45) is 2.90. The molecule has 1 atom stereocenters. The molecule has 0 spiro atoms. The van der Waals surface area contributed by atoms with Gasteiger partial charge < -0.3 is 9.84 Å². The molecule has 0 saturated carbocycles. The second-order valence-electron chi connectivity index (χ2n) is 5.02. The third-order valence-corrected chi connectivity index (χ3v) is 3.59. The van der Waals surface area contributed by atoms with Crippen molar-refractivity contribution in [1.82, 2.24) is 4.98 Å². The van der Waals surface area contributed by atoms with E-state index in [2.05, 4.69) is 4.98 Å². The van der Waals surface area contributed by atoms with Gasteiger partial charge in [0.05, 0.1) is 6.61 Å². The van der Waals surface area contributed by atoms with Crippen LogP contribution in [-0.2, 0) is 11.3 Å². The van der Waals surface area contributed by atoms with Gasteiger partial charge in [0, 0.05) is 24.9 Å². The van der Waals surface area contributed by atoms with Crippen molar-refractivity contribution in [2.45, 2.75) is 12.7 Å². The molecule has 3 rings (SSSR count). The fourth-order valence-electron chi connectivity index (χ4n) is 2.59. The largest absolute Gasteiger partial charge is 0.384 e. The molecule has 3 heteroatoms. The number of pyridine rings is 1. The maximum Gasteiger partial charge on any atom is 0.105 e. The van der Waals surface area contributed by atoms with Crippen LogP contribution in [0.25, 0.3) is 10.8 Å². The zero-order valence-electron chi connectivity index (χ0n) is 11.9. The molecule has 0 aliphatic carbocycles. The average molecular weight is 279 g/mol. The number of aromatic nitrogens is 1. The lowest BCUT2D eigenvalue weighted by atomic mass is 9.96. The van der Waals surface area contributed by atoms with Gasteiger partial charge in [0.1, 0.15) is 6.10 Å². The van der Waals surface area contributed by atoms with E-state index in [1.54, 1.807) is 13.3 Å². The van der Waals surface area contributed by atoms with Crippen molar-refractivity contribution in [2.75, 3.05) is 7.11 Å². The van der Waals surface area contributed by atoms with E-state index in [0.717, 1.165) is 27.5 Å². The molecule has 0 amide bonds. The lowest BCUT2D eigenvalue weighted by Gasteiger charge is -2.15. The van der Waals surface area contributed by atoms with Gasteiger partial charge in [-0.05, 0) is 28.1 Å². The lowest BCUT2D eigenvalue weighted by Crippen LogP contribution is -2.01. The van der Waals surface area contributed by atoms with Gasteiger partial charge in [0.25, 0.3) is 0 Å². The summed E-state index contributed by atoms with van der Waals surface area (Å²) in [5, 5.41) is 12.8. The van der Waals surface area contributed by atoms with Crippen molar-refractivity contribution in [1.29, 1.82) is 0 Å². The second-order valence-corrected chi connectivity index (χ2v) is 5.02. The highest BCUT2D eigenvalue weighted by Gasteiger charge is 2.13. The average Bonchev–Trinajstić information content (AvgIpc) is 2.54. The van der Waals surface area contributed by atoms with Crippen LogP contribution in [0.5, 0.6) is 0 Å². The molecule has 3 nitrogen and oxygen atoms in total. The molecular formula is C18H17NO2. The Morgan fingerprint density at radius 3 is 2.86 bits per heavy atom. The van der Waals surface area contributed by atoms with E-state index in [1.165, 1.54) is 0 Å². The van der Waals surface area contributed by atoms with Crippen LogP contribution in [0.1, 0.15) is 22.8 Å². The van der Waals surface area contributed by atoms with Gasteiger partial charge in [-0.15, -0.1) is 0 Å². The first-order chi connectivity index (χ1) is 10.3. The number of fused-ring (bicyclic) bond motifs is 1. The molecule has 0 fully saturated rings. The SMILES string of the molecule is COCc1cccc(C(O)c2cccc3cnccc23)c1. The Kier molecular flexibility index (Phi) is 3.95. The van der Waals surface area contributed by atoms with E-state index in [1.807, 2.05) is 54.7 Å². The van der Waals surface area contributed by atoms with E-state index in [-0.39, 0.29) is 0 Å². The Balaban J connectivity index is 2.04. The van der Waals surface area contributed by atoms with Crippen LogP contribution in [0.3, 0.4) is 0 Å². The van der Waals surface area contributed by atoms with E-state index < -0.39 is 6.10 Å². The summed E-state index contributed by atoms with van der Waals surface area (Å²) in [5.74, 6) is 0. The minimum atomic E-state index is -0.659. The van der Waals surface area contributed by atoms with Gasteiger partial charge in [0.15, 0.2) is 0 Å². The standard InChI is InChI=1S/C18H17NO2/c1-21-12-13-4-2-5-14(10-13)18(20)17-7-3-6-15-11-19-9-8-16(15)17/h2-11,18,20H,12H2,1H3. The molecule has 0 bridgehead atoms. The van der Waals surface area contributed by atoms with Gasteiger partial charge in [-0.25, -0.2) is 0 Å². The molecule has 106 valence electrons. The zero-order valence-corrected chi connectivity index (χ0v) is 11.9.